The van der Waals surface area contributed by atoms with E-state index in [-0.39, 0.29) is 23.6 Å². The SMILES string of the molecule is O=C(Nc1n[nH]c(Cc2cccc(F)c2)n1)C1CCOC1. The number of H-pyrrole nitrogens is 1. The van der Waals surface area contributed by atoms with Gasteiger partial charge in [0, 0.05) is 13.0 Å². The number of amides is 1. The van der Waals surface area contributed by atoms with Gasteiger partial charge in [-0.25, -0.2) is 4.39 Å². The van der Waals surface area contributed by atoms with Crippen molar-refractivity contribution < 1.29 is 13.9 Å². The summed E-state index contributed by atoms with van der Waals surface area (Å²) in [5.74, 6) is 0.234. The van der Waals surface area contributed by atoms with E-state index < -0.39 is 0 Å². The summed E-state index contributed by atoms with van der Waals surface area (Å²) in [5, 5.41) is 9.34. The van der Waals surface area contributed by atoms with Crippen LogP contribution in [0.3, 0.4) is 0 Å². The van der Waals surface area contributed by atoms with Gasteiger partial charge in [0.25, 0.3) is 0 Å². The first-order valence-electron chi connectivity index (χ1n) is 6.75. The van der Waals surface area contributed by atoms with Gasteiger partial charge in [-0.05, 0) is 24.1 Å². The topological polar surface area (TPSA) is 79.9 Å². The molecule has 1 aliphatic rings. The van der Waals surface area contributed by atoms with Gasteiger partial charge in [-0.2, -0.15) is 4.98 Å². The first-order valence-corrected chi connectivity index (χ1v) is 6.75. The average Bonchev–Trinajstić information content (AvgIpc) is 3.10. The Hall–Kier alpha value is -2.28. The Morgan fingerprint density at radius 1 is 1.52 bits per heavy atom. The highest BCUT2D eigenvalue weighted by Crippen LogP contribution is 2.14. The second kappa shape index (κ2) is 6.01. The molecule has 7 heteroatoms. The predicted octanol–water partition coefficient (Wildman–Crippen LogP) is 1.51. The largest absolute Gasteiger partial charge is 0.381 e. The van der Waals surface area contributed by atoms with Crippen LogP contribution in [-0.2, 0) is 16.0 Å². The van der Waals surface area contributed by atoms with Gasteiger partial charge < -0.3 is 4.74 Å². The number of benzene rings is 1. The van der Waals surface area contributed by atoms with E-state index in [9.17, 15) is 9.18 Å². The molecule has 2 heterocycles. The molecular formula is C14H15FN4O2. The molecule has 21 heavy (non-hydrogen) atoms. The second-order valence-electron chi connectivity index (χ2n) is 4.96. The number of nitrogens with one attached hydrogen (secondary N) is 2. The Labute approximate surface area is 120 Å². The van der Waals surface area contributed by atoms with Crippen LogP contribution in [-0.4, -0.2) is 34.3 Å². The Morgan fingerprint density at radius 2 is 2.43 bits per heavy atom. The van der Waals surface area contributed by atoms with E-state index in [1.165, 1.54) is 12.1 Å². The maximum absolute atomic E-state index is 13.1. The monoisotopic (exact) mass is 290 g/mol. The van der Waals surface area contributed by atoms with Gasteiger partial charge in [0.1, 0.15) is 11.6 Å². The van der Waals surface area contributed by atoms with Gasteiger partial charge in [-0.3, -0.25) is 15.2 Å². The van der Waals surface area contributed by atoms with Crippen molar-refractivity contribution in [3.05, 3.63) is 41.5 Å². The van der Waals surface area contributed by atoms with Crippen molar-refractivity contribution in [2.24, 2.45) is 5.92 Å². The zero-order valence-electron chi connectivity index (χ0n) is 11.3. The molecule has 0 radical (unpaired) electrons. The number of aromatic amines is 1. The first-order chi connectivity index (χ1) is 10.2. The Balaban J connectivity index is 1.62. The van der Waals surface area contributed by atoms with E-state index in [0.717, 1.165) is 5.56 Å². The van der Waals surface area contributed by atoms with Crippen LogP contribution in [0.2, 0.25) is 0 Å². The van der Waals surface area contributed by atoms with Gasteiger partial charge in [-0.15, -0.1) is 5.10 Å². The van der Waals surface area contributed by atoms with E-state index in [2.05, 4.69) is 20.5 Å². The van der Waals surface area contributed by atoms with E-state index in [0.29, 0.717) is 31.9 Å². The van der Waals surface area contributed by atoms with E-state index in [1.54, 1.807) is 12.1 Å². The van der Waals surface area contributed by atoms with Crippen molar-refractivity contribution in [1.82, 2.24) is 15.2 Å². The number of rotatable bonds is 4. The summed E-state index contributed by atoms with van der Waals surface area (Å²) >= 11 is 0. The summed E-state index contributed by atoms with van der Waals surface area (Å²) < 4.78 is 18.3. The summed E-state index contributed by atoms with van der Waals surface area (Å²) in [6.45, 7) is 1.04. The number of hydrogen-bond acceptors (Lipinski definition) is 4. The molecule has 110 valence electrons. The zero-order valence-corrected chi connectivity index (χ0v) is 11.3. The molecule has 1 aliphatic heterocycles. The second-order valence-corrected chi connectivity index (χ2v) is 4.96. The van der Waals surface area contributed by atoms with E-state index in [1.807, 2.05) is 0 Å². The highest BCUT2D eigenvalue weighted by atomic mass is 19.1. The highest BCUT2D eigenvalue weighted by molar-refractivity contribution is 5.91. The minimum atomic E-state index is -0.290. The van der Waals surface area contributed by atoms with Crippen LogP contribution in [0, 0.1) is 11.7 Å². The number of aromatic nitrogens is 3. The fourth-order valence-electron chi connectivity index (χ4n) is 2.22. The Morgan fingerprint density at radius 3 is 3.19 bits per heavy atom. The zero-order chi connectivity index (χ0) is 14.7. The van der Waals surface area contributed by atoms with Crippen LogP contribution in [0.15, 0.2) is 24.3 Å². The van der Waals surface area contributed by atoms with Crippen molar-refractivity contribution in [3.8, 4) is 0 Å². The summed E-state index contributed by atoms with van der Waals surface area (Å²) in [4.78, 5) is 16.1. The van der Waals surface area contributed by atoms with Gasteiger partial charge in [0.05, 0.1) is 12.5 Å². The van der Waals surface area contributed by atoms with Crippen molar-refractivity contribution in [2.75, 3.05) is 18.5 Å². The Bertz CT molecular complexity index is 637. The first kappa shape index (κ1) is 13.7. The number of carbonyl (C=O) groups is 1. The molecule has 0 aliphatic carbocycles. The highest BCUT2D eigenvalue weighted by Gasteiger charge is 2.24. The molecule has 1 aromatic heterocycles. The molecule has 1 unspecified atom stereocenters. The molecule has 2 aromatic rings. The summed E-state index contributed by atoms with van der Waals surface area (Å²) in [7, 11) is 0. The molecule has 2 N–H and O–H groups in total. The maximum atomic E-state index is 13.1. The average molecular weight is 290 g/mol. The molecule has 1 amide bonds. The van der Waals surface area contributed by atoms with Crippen LogP contribution >= 0.6 is 0 Å². The Kier molecular flexibility index (Phi) is 3.92. The quantitative estimate of drug-likeness (QED) is 0.894. The van der Waals surface area contributed by atoms with E-state index in [4.69, 9.17) is 4.74 Å². The summed E-state index contributed by atoms with van der Waals surface area (Å²) in [5.41, 5.74) is 0.785. The van der Waals surface area contributed by atoms with Gasteiger partial charge in [0.15, 0.2) is 0 Å². The maximum Gasteiger partial charge on any atom is 0.248 e. The third kappa shape index (κ3) is 3.43. The van der Waals surface area contributed by atoms with Crippen LogP contribution < -0.4 is 5.32 Å². The molecule has 3 rings (SSSR count). The molecule has 1 fully saturated rings. The van der Waals surface area contributed by atoms with Crippen molar-refractivity contribution in [3.63, 3.8) is 0 Å². The molecule has 6 nitrogen and oxygen atoms in total. The molecule has 0 bridgehead atoms. The minimum absolute atomic E-state index is 0.135. The number of nitrogens with zero attached hydrogens (tertiary/aromatic N) is 2. The lowest BCUT2D eigenvalue weighted by molar-refractivity contribution is -0.119. The number of halogens is 1. The molecule has 0 spiro atoms. The number of ether oxygens (including phenoxy) is 1. The normalized spacial score (nSPS) is 17.9. The molecule has 1 aromatic carbocycles. The lowest BCUT2D eigenvalue weighted by Gasteiger charge is -2.05. The van der Waals surface area contributed by atoms with Gasteiger partial charge in [0.2, 0.25) is 11.9 Å². The van der Waals surface area contributed by atoms with Crippen LogP contribution in [0.4, 0.5) is 10.3 Å². The molecule has 1 saturated heterocycles. The lowest BCUT2D eigenvalue weighted by Crippen LogP contribution is -2.23. The van der Waals surface area contributed by atoms with Gasteiger partial charge >= 0.3 is 0 Å². The fraction of sp³-hybridized carbons (Fsp3) is 0.357. The van der Waals surface area contributed by atoms with Crippen molar-refractivity contribution in [1.29, 1.82) is 0 Å². The summed E-state index contributed by atoms with van der Waals surface area (Å²) in [6.07, 6.45) is 1.14. The summed E-state index contributed by atoms with van der Waals surface area (Å²) in [6, 6.07) is 6.28. The number of anilines is 1. The van der Waals surface area contributed by atoms with Gasteiger partial charge in [-0.1, -0.05) is 12.1 Å². The molecular weight excluding hydrogens is 275 g/mol. The smallest absolute Gasteiger partial charge is 0.248 e. The fourth-order valence-corrected chi connectivity index (χ4v) is 2.22. The number of carbonyl (C=O) groups excluding carboxylic acids is 1. The van der Waals surface area contributed by atoms with Crippen molar-refractivity contribution >= 4 is 11.9 Å². The third-order valence-corrected chi connectivity index (χ3v) is 3.33. The molecule has 1 atom stereocenters. The van der Waals surface area contributed by atoms with Crippen LogP contribution in [0.5, 0.6) is 0 Å². The lowest BCUT2D eigenvalue weighted by atomic mass is 10.1. The van der Waals surface area contributed by atoms with Crippen molar-refractivity contribution in [2.45, 2.75) is 12.8 Å². The third-order valence-electron chi connectivity index (χ3n) is 3.33. The minimum Gasteiger partial charge on any atom is -0.381 e. The number of hydrogen-bond donors (Lipinski definition) is 2. The standard InChI is InChI=1S/C14H15FN4O2/c15-11-3-1-2-9(6-11)7-12-16-14(19-18-12)17-13(20)10-4-5-21-8-10/h1-3,6,10H,4-5,7-8H2,(H2,16,17,18,19,20). The van der Waals surface area contributed by atoms with Crippen LogP contribution in [0.25, 0.3) is 0 Å². The van der Waals surface area contributed by atoms with Crippen LogP contribution in [0.1, 0.15) is 17.8 Å². The van der Waals surface area contributed by atoms with E-state index >= 15 is 0 Å². The molecule has 0 saturated carbocycles. The predicted molar refractivity (Wildman–Crippen MR) is 73.1 cm³/mol.